The molecule has 2 aromatic rings. The van der Waals surface area contributed by atoms with E-state index in [-0.39, 0.29) is 0 Å². The molecule has 0 unspecified atom stereocenters. The maximum atomic E-state index is 4.76. The van der Waals surface area contributed by atoms with Gasteiger partial charge in [-0.1, -0.05) is 29.8 Å². The lowest BCUT2D eigenvalue weighted by atomic mass is 10.1. The van der Waals surface area contributed by atoms with Crippen molar-refractivity contribution in [2.45, 2.75) is 20.3 Å². The van der Waals surface area contributed by atoms with E-state index in [9.17, 15) is 0 Å². The second-order valence-corrected chi connectivity index (χ2v) is 6.56. The lowest BCUT2D eigenvalue weighted by molar-refractivity contribution is 0.637. The van der Waals surface area contributed by atoms with Gasteiger partial charge in [-0.3, -0.25) is 4.98 Å². The molecule has 0 saturated carbocycles. The highest BCUT2D eigenvalue weighted by Gasteiger charge is 2.10. The molecule has 0 amide bonds. The quantitative estimate of drug-likeness (QED) is 0.821. The minimum Gasteiger partial charge on any atom is -0.388 e. The smallest absolute Gasteiger partial charge is 0.0868 e. The Morgan fingerprint density at radius 3 is 2.56 bits per heavy atom. The first-order valence-corrected chi connectivity index (χ1v) is 7.56. The summed E-state index contributed by atoms with van der Waals surface area (Å²) < 4.78 is 2.07. The Labute approximate surface area is 124 Å². The second kappa shape index (κ2) is 5.57. The van der Waals surface area contributed by atoms with E-state index in [0.717, 1.165) is 37.7 Å². The molecule has 0 bridgehead atoms. The summed E-state index contributed by atoms with van der Waals surface area (Å²) in [5.74, 6) is 0.605. The molecule has 0 saturated heterocycles. The Balaban J connectivity index is 2.67. The van der Waals surface area contributed by atoms with E-state index in [1.165, 1.54) is 0 Å². The van der Waals surface area contributed by atoms with Crippen LogP contribution in [-0.4, -0.2) is 12.0 Å². The van der Waals surface area contributed by atoms with Gasteiger partial charge in [0.05, 0.1) is 5.52 Å². The van der Waals surface area contributed by atoms with Crippen molar-refractivity contribution in [3.8, 4) is 0 Å². The zero-order chi connectivity index (χ0) is 13.3. The molecule has 0 aliphatic rings. The van der Waals surface area contributed by atoms with E-state index < -0.39 is 0 Å². The molecular weight excluding hydrogens is 356 g/mol. The van der Waals surface area contributed by atoms with Gasteiger partial charge in [-0.05, 0) is 46.5 Å². The first-order chi connectivity index (χ1) is 8.51. The van der Waals surface area contributed by atoms with Gasteiger partial charge in [0.15, 0.2) is 0 Å². The maximum Gasteiger partial charge on any atom is 0.0868 e. The van der Waals surface area contributed by atoms with Crippen LogP contribution < -0.4 is 5.32 Å². The summed E-state index contributed by atoms with van der Waals surface area (Å²) in [6, 6.07) is 6.27. The highest BCUT2D eigenvalue weighted by molar-refractivity contribution is 9.11. The monoisotopic (exact) mass is 370 g/mol. The van der Waals surface area contributed by atoms with E-state index >= 15 is 0 Å². The van der Waals surface area contributed by atoms with Gasteiger partial charge in [-0.25, -0.2) is 0 Å². The fraction of sp³-hybridized carbons (Fsp3) is 0.357. The van der Waals surface area contributed by atoms with Gasteiger partial charge >= 0.3 is 0 Å². The largest absolute Gasteiger partial charge is 0.388 e. The van der Waals surface area contributed by atoms with Crippen LogP contribution in [0.2, 0.25) is 0 Å². The van der Waals surface area contributed by atoms with E-state index in [1.807, 2.05) is 13.1 Å². The summed E-state index contributed by atoms with van der Waals surface area (Å²) in [7, 11) is 1.95. The SMILES string of the molecule is CNc1cc(CC(C)C)nc2c(Br)cc(Br)cc12. The molecule has 2 rings (SSSR count). The molecule has 0 aliphatic heterocycles. The van der Waals surface area contributed by atoms with Crippen molar-refractivity contribution in [3.63, 3.8) is 0 Å². The topological polar surface area (TPSA) is 24.9 Å². The number of benzene rings is 1. The number of anilines is 1. The Morgan fingerprint density at radius 1 is 1.22 bits per heavy atom. The number of aromatic nitrogens is 1. The molecule has 1 aromatic heterocycles. The van der Waals surface area contributed by atoms with Gasteiger partial charge in [0, 0.05) is 32.8 Å². The van der Waals surface area contributed by atoms with Gasteiger partial charge in [0.1, 0.15) is 0 Å². The summed E-state index contributed by atoms with van der Waals surface area (Å²) in [5, 5.41) is 4.39. The predicted octanol–water partition coefficient (Wildman–Crippen LogP) is 5.00. The van der Waals surface area contributed by atoms with Gasteiger partial charge < -0.3 is 5.32 Å². The van der Waals surface area contributed by atoms with Crippen molar-refractivity contribution < 1.29 is 0 Å². The van der Waals surface area contributed by atoms with E-state index in [2.05, 4.69) is 63.2 Å². The third kappa shape index (κ3) is 2.86. The minimum absolute atomic E-state index is 0.605. The Hall–Kier alpha value is -0.610. The van der Waals surface area contributed by atoms with Crippen molar-refractivity contribution in [2.24, 2.45) is 5.92 Å². The molecule has 96 valence electrons. The highest BCUT2D eigenvalue weighted by Crippen LogP contribution is 2.32. The van der Waals surface area contributed by atoms with Gasteiger partial charge in [-0.2, -0.15) is 0 Å². The van der Waals surface area contributed by atoms with Crippen molar-refractivity contribution in [2.75, 3.05) is 12.4 Å². The van der Waals surface area contributed by atoms with E-state index in [4.69, 9.17) is 4.98 Å². The molecule has 0 fully saturated rings. The molecule has 1 N–H and O–H groups in total. The van der Waals surface area contributed by atoms with Gasteiger partial charge in [0.25, 0.3) is 0 Å². The van der Waals surface area contributed by atoms with Crippen LogP contribution in [0.25, 0.3) is 10.9 Å². The predicted molar refractivity (Wildman–Crippen MR) is 85.2 cm³/mol. The zero-order valence-corrected chi connectivity index (χ0v) is 13.9. The van der Waals surface area contributed by atoms with Crippen LogP contribution in [-0.2, 0) is 6.42 Å². The Kier molecular flexibility index (Phi) is 4.28. The third-order valence-electron chi connectivity index (χ3n) is 2.77. The lowest BCUT2D eigenvalue weighted by Gasteiger charge is -2.12. The summed E-state index contributed by atoms with van der Waals surface area (Å²) in [6.45, 7) is 4.42. The molecule has 1 aromatic carbocycles. The molecule has 0 atom stereocenters. The number of hydrogen-bond acceptors (Lipinski definition) is 2. The fourth-order valence-electron chi connectivity index (χ4n) is 2.03. The first kappa shape index (κ1) is 13.8. The van der Waals surface area contributed by atoms with Crippen LogP contribution in [0.4, 0.5) is 5.69 Å². The molecule has 4 heteroatoms. The van der Waals surface area contributed by atoms with Crippen LogP contribution in [0.1, 0.15) is 19.5 Å². The van der Waals surface area contributed by atoms with Crippen molar-refractivity contribution in [3.05, 3.63) is 32.8 Å². The number of nitrogens with zero attached hydrogens (tertiary/aromatic N) is 1. The summed E-state index contributed by atoms with van der Waals surface area (Å²) in [4.78, 5) is 4.76. The second-order valence-electron chi connectivity index (χ2n) is 4.79. The molecule has 0 aliphatic carbocycles. The van der Waals surface area contributed by atoms with Gasteiger partial charge in [0.2, 0.25) is 0 Å². The number of pyridine rings is 1. The van der Waals surface area contributed by atoms with Crippen molar-refractivity contribution >= 4 is 48.5 Å². The van der Waals surface area contributed by atoms with Crippen LogP contribution in [0, 0.1) is 5.92 Å². The fourth-order valence-corrected chi connectivity index (χ4v) is 3.35. The van der Waals surface area contributed by atoms with Crippen LogP contribution >= 0.6 is 31.9 Å². The third-order valence-corrected chi connectivity index (χ3v) is 3.83. The normalized spacial score (nSPS) is 11.2. The van der Waals surface area contributed by atoms with E-state index in [0.29, 0.717) is 5.92 Å². The van der Waals surface area contributed by atoms with Gasteiger partial charge in [-0.15, -0.1) is 0 Å². The van der Waals surface area contributed by atoms with Crippen LogP contribution in [0.5, 0.6) is 0 Å². The summed E-state index contributed by atoms with van der Waals surface area (Å²) in [5.41, 5.74) is 3.27. The lowest BCUT2D eigenvalue weighted by Crippen LogP contribution is -2.01. The number of hydrogen-bond donors (Lipinski definition) is 1. The molecule has 0 spiro atoms. The molecule has 18 heavy (non-hydrogen) atoms. The Morgan fingerprint density at radius 2 is 1.94 bits per heavy atom. The summed E-state index contributed by atoms with van der Waals surface area (Å²) in [6.07, 6.45) is 0.993. The number of nitrogens with one attached hydrogen (secondary N) is 1. The first-order valence-electron chi connectivity index (χ1n) is 5.97. The molecule has 0 radical (unpaired) electrons. The average Bonchev–Trinajstić information content (AvgIpc) is 2.28. The van der Waals surface area contributed by atoms with Crippen molar-refractivity contribution in [1.82, 2.24) is 4.98 Å². The minimum atomic E-state index is 0.605. The van der Waals surface area contributed by atoms with Crippen LogP contribution in [0.3, 0.4) is 0 Å². The molecule has 2 nitrogen and oxygen atoms in total. The molecular formula is C14H16Br2N2. The molecule has 1 heterocycles. The highest BCUT2D eigenvalue weighted by atomic mass is 79.9. The average molecular weight is 372 g/mol. The van der Waals surface area contributed by atoms with E-state index in [1.54, 1.807) is 0 Å². The number of fused-ring (bicyclic) bond motifs is 1. The maximum absolute atomic E-state index is 4.76. The summed E-state index contributed by atoms with van der Waals surface area (Å²) >= 11 is 7.11. The number of halogens is 2. The Bertz CT molecular complexity index is 580. The standard InChI is InChI=1S/C14H16Br2N2/c1-8(2)4-10-7-13(17-3)11-5-9(15)6-12(16)14(11)18-10/h5-8H,4H2,1-3H3,(H,17,18). The van der Waals surface area contributed by atoms with Crippen molar-refractivity contribution in [1.29, 1.82) is 0 Å². The number of rotatable bonds is 3. The zero-order valence-electron chi connectivity index (χ0n) is 10.7. The van der Waals surface area contributed by atoms with Crippen LogP contribution in [0.15, 0.2) is 27.1 Å².